The van der Waals surface area contributed by atoms with Crippen LogP contribution in [0.4, 0.5) is 0 Å². The Morgan fingerprint density at radius 2 is 1.32 bits per heavy atom. The molecule has 3 heteroatoms. The fourth-order valence-corrected chi connectivity index (χ4v) is 2.72. The maximum atomic E-state index is 6.17. The van der Waals surface area contributed by atoms with Crippen LogP contribution in [-0.2, 0) is 4.74 Å². The lowest BCUT2D eigenvalue weighted by atomic mass is 10.1. The Morgan fingerprint density at radius 1 is 0.773 bits per heavy atom. The lowest BCUT2D eigenvalue weighted by molar-refractivity contribution is -0.910. The normalized spacial score (nSPS) is 13.0. The maximum Gasteiger partial charge on any atom is 0.183 e. The van der Waals surface area contributed by atoms with Gasteiger partial charge in [-0.3, -0.25) is 0 Å². The molecule has 0 rings (SSSR count). The van der Waals surface area contributed by atoms with Crippen LogP contribution in [0.15, 0.2) is 0 Å². The highest BCUT2D eigenvalue weighted by Crippen LogP contribution is 2.13. The van der Waals surface area contributed by atoms with Crippen molar-refractivity contribution in [2.24, 2.45) is 0 Å². The number of hydrogen-bond donors (Lipinski definition) is 0. The van der Waals surface area contributed by atoms with E-state index in [0.29, 0.717) is 6.10 Å². The molecule has 0 aliphatic heterocycles. The molecule has 0 heterocycles. The number of halogens is 1. The van der Waals surface area contributed by atoms with E-state index in [4.69, 9.17) is 4.74 Å². The number of ether oxygens (including phenoxy) is 1. The van der Waals surface area contributed by atoms with Crippen molar-refractivity contribution >= 4 is 0 Å². The van der Waals surface area contributed by atoms with Crippen LogP contribution >= 0.6 is 0 Å². The van der Waals surface area contributed by atoms with E-state index >= 15 is 0 Å². The molecule has 0 aromatic rings. The molecule has 2 nitrogen and oxygen atoms in total. The van der Waals surface area contributed by atoms with Gasteiger partial charge in [-0.05, 0) is 25.7 Å². The van der Waals surface area contributed by atoms with Gasteiger partial charge in [0.25, 0.3) is 0 Å². The fraction of sp³-hybridized carbons (Fsp3) is 1.00. The van der Waals surface area contributed by atoms with Gasteiger partial charge in [0, 0.05) is 0 Å². The zero-order valence-corrected chi connectivity index (χ0v) is 16.8. The summed E-state index contributed by atoms with van der Waals surface area (Å²) in [7, 11) is 4.62. The Morgan fingerprint density at radius 3 is 1.91 bits per heavy atom. The monoisotopic (exact) mass is 335 g/mol. The smallest absolute Gasteiger partial charge is 0.183 e. The van der Waals surface area contributed by atoms with Crippen LogP contribution in [0.5, 0.6) is 0 Å². The van der Waals surface area contributed by atoms with Gasteiger partial charge in [-0.1, -0.05) is 65.7 Å². The molecule has 136 valence electrons. The minimum Gasteiger partial charge on any atom is -1.00 e. The van der Waals surface area contributed by atoms with E-state index < -0.39 is 0 Å². The Kier molecular flexibility index (Phi) is 17.9. The molecule has 0 aliphatic carbocycles. The summed E-state index contributed by atoms with van der Waals surface area (Å²) < 4.78 is 7.18. The molecule has 0 amide bonds. The second kappa shape index (κ2) is 16.1. The highest BCUT2D eigenvalue weighted by atomic mass is 35.5. The van der Waals surface area contributed by atoms with E-state index in [-0.39, 0.29) is 12.4 Å². The summed E-state index contributed by atoms with van der Waals surface area (Å²) in [6.07, 6.45) is 15.1. The summed E-state index contributed by atoms with van der Waals surface area (Å²) in [5, 5.41) is 0. The van der Waals surface area contributed by atoms with Crippen LogP contribution in [0.1, 0.15) is 91.4 Å². The average Bonchev–Trinajstić information content (AvgIpc) is 2.46. The minimum atomic E-state index is 0. The van der Waals surface area contributed by atoms with E-state index in [2.05, 4.69) is 34.9 Å². The van der Waals surface area contributed by atoms with Gasteiger partial charge in [-0.2, -0.15) is 0 Å². The summed E-state index contributed by atoms with van der Waals surface area (Å²) in [6.45, 7) is 8.92. The van der Waals surface area contributed by atoms with Crippen LogP contribution in [0.25, 0.3) is 0 Å². The van der Waals surface area contributed by atoms with Gasteiger partial charge < -0.3 is 21.6 Å². The fourth-order valence-electron chi connectivity index (χ4n) is 2.72. The van der Waals surface area contributed by atoms with Crippen molar-refractivity contribution < 1.29 is 21.6 Å². The van der Waals surface area contributed by atoms with Crippen molar-refractivity contribution in [3.63, 3.8) is 0 Å². The summed E-state index contributed by atoms with van der Waals surface area (Å²) in [5.74, 6) is 0. The Hall–Kier alpha value is 0.210. The van der Waals surface area contributed by atoms with Gasteiger partial charge >= 0.3 is 0 Å². The van der Waals surface area contributed by atoms with Gasteiger partial charge in [0.15, 0.2) is 6.73 Å². The first kappa shape index (κ1) is 24.5. The summed E-state index contributed by atoms with van der Waals surface area (Å²) in [5.41, 5.74) is 0. The molecule has 0 aromatic heterocycles. The highest BCUT2D eigenvalue weighted by molar-refractivity contribution is 4.55. The topological polar surface area (TPSA) is 9.23 Å². The van der Waals surface area contributed by atoms with Crippen molar-refractivity contribution in [1.29, 1.82) is 0 Å². The molecule has 0 aromatic carbocycles. The molecule has 1 unspecified atom stereocenters. The molecular formula is C19H42ClNO. The molecule has 0 N–H and O–H groups in total. The molecule has 0 fully saturated rings. The summed E-state index contributed by atoms with van der Waals surface area (Å²) >= 11 is 0. The van der Waals surface area contributed by atoms with Crippen LogP contribution in [0.3, 0.4) is 0 Å². The minimum absolute atomic E-state index is 0. The standard InChI is InChI=1S/C19H42NO.ClH/c1-6-9-11-12-13-15-17-20(4,5)18-21-19(8-3)16-14-10-7-2;/h19H,6-18H2,1-5H3;1H/q+1;/p-1. The van der Waals surface area contributed by atoms with Crippen molar-refractivity contribution in [3.8, 4) is 0 Å². The van der Waals surface area contributed by atoms with E-state index in [1.807, 2.05) is 0 Å². The lowest BCUT2D eigenvalue weighted by Gasteiger charge is -2.31. The first-order valence-electron chi connectivity index (χ1n) is 9.49. The zero-order chi connectivity index (χ0) is 16.0. The van der Waals surface area contributed by atoms with Gasteiger partial charge in [-0.25, -0.2) is 0 Å². The number of rotatable bonds is 15. The summed E-state index contributed by atoms with van der Waals surface area (Å²) in [6, 6.07) is 0. The average molecular weight is 336 g/mol. The molecule has 1 atom stereocenters. The first-order chi connectivity index (χ1) is 10.1. The Bertz CT molecular complexity index is 221. The SMILES string of the molecule is CCCCCCCC[N+](C)(C)COC(CC)CCCCC.[Cl-]. The number of nitrogens with zero attached hydrogens (tertiary/aromatic N) is 1. The second-order valence-corrected chi connectivity index (χ2v) is 7.25. The molecule has 0 radical (unpaired) electrons. The Labute approximate surface area is 147 Å². The third-order valence-corrected chi connectivity index (χ3v) is 4.36. The third kappa shape index (κ3) is 15.1. The molecule has 0 saturated heterocycles. The van der Waals surface area contributed by atoms with Crippen LogP contribution in [-0.4, -0.2) is 38.0 Å². The molecular weight excluding hydrogens is 294 g/mol. The largest absolute Gasteiger partial charge is 1.00 e. The van der Waals surface area contributed by atoms with Gasteiger partial charge in [-0.15, -0.1) is 0 Å². The van der Waals surface area contributed by atoms with Crippen molar-refractivity contribution in [3.05, 3.63) is 0 Å². The van der Waals surface area contributed by atoms with Gasteiger partial charge in [0.05, 0.1) is 26.7 Å². The van der Waals surface area contributed by atoms with Crippen LogP contribution < -0.4 is 12.4 Å². The van der Waals surface area contributed by atoms with E-state index in [1.165, 1.54) is 70.8 Å². The molecule has 0 spiro atoms. The van der Waals surface area contributed by atoms with Crippen molar-refractivity contribution in [1.82, 2.24) is 0 Å². The molecule has 0 bridgehead atoms. The highest BCUT2D eigenvalue weighted by Gasteiger charge is 2.17. The lowest BCUT2D eigenvalue weighted by Crippen LogP contribution is -3.00. The Balaban J connectivity index is 0. The van der Waals surface area contributed by atoms with Crippen molar-refractivity contribution in [2.45, 2.75) is 97.5 Å². The number of quaternary nitrogens is 1. The van der Waals surface area contributed by atoms with Gasteiger partial charge in [0.1, 0.15) is 0 Å². The quantitative estimate of drug-likeness (QED) is 0.254. The molecule has 0 aliphatic rings. The van der Waals surface area contributed by atoms with Crippen LogP contribution in [0.2, 0.25) is 0 Å². The van der Waals surface area contributed by atoms with Crippen molar-refractivity contribution in [2.75, 3.05) is 27.4 Å². The van der Waals surface area contributed by atoms with Gasteiger partial charge in [0.2, 0.25) is 0 Å². The zero-order valence-electron chi connectivity index (χ0n) is 16.0. The summed E-state index contributed by atoms with van der Waals surface area (Å²) in [4.78, 5) is 0. The maximum absolute atomic E-state index is 6.17. The van der Waals surface area contributed by atoms with E-state index in [1.54, 1.807) is 0 Å². The number of unbranched alkanes of at least 4 members (excludes halogenated alkanes) is 7. The second-order valence-electron chi connectivity index (χ2n) is 7.25. The predicted molar refractivity (Wildman–Crippen MR) is 94.5 cm³/mol. The first-order valence-corrected chi connectivity index (χ1v) is 9.49. The molecule has 22 heavy (non-hydrogen) atoms. The number of hydrogen-bond acceptors (Lipinski definition) is 1. The third-order valence-electron chi connectivity index (χ3n) is 4.36. The van der Waals surface area contributed by atoms with E-state index in [0.717, 1.165) is 17.6 Å². The van der Waals surface area contributed by atoms with E-state index in [9.17, 15) is 0 Å². The molecule has 0 saturated carbocycles. The van der Waals surface area contributed by atoms with Crippen LogP contribution in [0, 0.1) is 0 Å². The predicted octanol–water partition coefficient (Wildman–Crippen LogP) is 2.76.